The lowest BCUT2D eigenvalue weighted by atomic mass is 10.1. The topological polar surface area (TPSA) is 42.2 Å². The van der Waals surface area contributed by atoms with Crippen LogP contribution in [0.4, 0.5) is 11.5 Å². The number of anilines is 2. The maximum atomic E-state index is 6.23. The smallest absolute Gasteiger partial charge is 0.152 e. The largest absolute Gasteiger partial charge is 0.396 e. The Bertz CT molecular complexity index is 589. The second-order valence-corrected chi connectivity index (χ2v) is 5.70. The maximum absolute atomic E-state index is 6.23. The molecule has 0 amide bonds. The van der Waals surface area contributed by atoms with Crippen LogP contribution >= 0.6 is 27.5 Å². The Kier molecular flexibility index (Phi) is 4.32. The predicted molar refractivity (Wildman–Crippen MR) is 84.6 cm³/mol. The summed E-state index contributed by atoms with van der Waals surface area (Å²) in [4.78, 5) is 6.38. The van der Waals surface area contributed by atoms with E-state index < -0.39 is 0 Å². The lowest BCUT2D eigenvalue weighted by Crippen LogP contribution is -2.24. The molecule has 1 heterocycles. The Hall–Kier alpha value is -1.26. The molecule has 2 aromatic rings. The van der Waals surface area contributed by atoms with Gasteiger partial charge in [0.05, 0.1) is 11.7 Å². The molecule has 0 radical (unpaired) electrons. The maximum Gasteiger partial charge on any atom is 0.152 e. The van der Waals surface area contributed by atoms with Crippen molar-refractivity contribution in [3.8, 4) is 0 Å². The number of hydrogen-bond acceptors (Lipinski definition) is 3. The van der Waals surface area contributed by atoms with E-state index in [1.54, 1.807) is 6.20 Å². The van der Waals surface area contributed by atoms with E-state index in [4.69, 9.17) is 17.3 Å². The van der Waals surface area contributed by atoms with Gasteiger partial charge in [0.15, 0.2) is 5.82 Å². The van der Waals surface area contributed by atoms with Crippen LogP contribution in [-0.4, -0.2) is 12.0 Å². The SMILES string of the molecule is CC(c1ccccc1Cl)N(C)c1ncc(Br)cc1N. The predicted octanol–water partition coefficient (Wildman–Crippen LogP) is 4.28. The van der Waals surface area contributed by atoms with E-state index in [2.05, 4.69) is 27.8 Å². The van der Waals surface area contributed by atoms with Gasteiger partial charge in [0.2, 0.25) is 0 Å². The normalized spacial score (nSPS) is 12.2. The van der Waals surface area contributed by atoms with Crippen molar-refractivity contribution in [3.05, 3.63) is 51.6 Å². The van der Waals surface area contributed by atoms with Crippen molar-refractivity contribution >= 4 is 39.0 Å². The summed E-state index contributed by atoms with van der Waals surface area (Å²) >= 11 is 9.59. The van der Waals surface area contributed by atoms with Crippen molar-refractivity contribution < 1.29 is 0 Å². The first-order chi connectivity index (χ1) is 9.00. The van der Waals surface area contributed by atoms with Gasteiger partial charge in [-0.1, -0.05) is 29.8 Å². The third kappa shape index (κ3) is 3.01. The molecule has 1 aromatic carbocycles. The van der Waals surface area contributed by atoms with Gasteiger partial charge in [-0.2, -0.15) is 0 Å². The molecule has 0 saturated carbocycles. The summed E-state index contributed by atoms with van der Waals surface area (Å²) < 4.78 is 0.868. The minimum Gasteiger partial charge on any atom is -0.396 e. The van der Waals surface area contributed by atoms with Crippen LogP contribution in [-0.2, 0) is 0 Å². The number of nitrogen functional groups attached to an aromatic ring is 1. The van der Waals surface area contributed by atoms with Crippen LogP contribution in [0.1, 0.15) is 18.5 Å². The summed E-state index contributed by atoms with van der Waals surface area (Å²) in [5.41, 5.74) is 7.70. The van der Waals surface area contributed by atoms with Crippen LogP contribution in [0.3, 0.4) is 0 Å². The van der Waals surface area contributed by atoms with E-state index in [0.717, 1.165) is 20.9 Å². The molecule has 0 fully saturated rings. The van der Waals surface area contributed by atoms with Gasteiger partial charge in [-0.05, 0) is 40.5 Å². The highest BCUT2D eigenvalue weighted by Crippen LogP contribution is 2.32. The van der Waals surface area contributed by atoms with E-state index >= 15 is 0 Å². The zero-order chi connectivity index (χ0) is 14.0. The van der Waals surface area contributed by atoms with Crippen molar-refractivity contribution in [2.45, 2.75) is 13.0 Å². The summed E-state index contributed by atoms with van der Waals surface area (Å²) in [5.74, 6) is 0.746. The average Bonchev–Trinajstić information content (AvgIpc) is 2.38. The zero-order valence-electron chi connectivity index (χ0n) is 10.8. The second-order valence-electron chi connectivity index (χ2n) is 4.37. The standard InChI is InChI=1S/C14H15BrClN3/c1-9(11-5-3-4-6-12(11)16)19(2)14-13(17)7-10(15)8-18-14/h3-9H,17H2,1-2H3. The molecule has 1 unspecified atom stereocenters. The third-order valence-corrected chi connectivity index (χ3v) is 3.91. The molecule has 1 atom stereocenters. The van der Waals surface area contributed by atoms with Crippen molar-refractivity contribution in [2.24, 2.45) is 0 Å². The summed E-state index contributed by atoms with van der Waals surface area (Å²) in [5, 5.41) is 0.748. The fourth-order valence-corrected chi connectivity index (χ4v) is 2.59. The highest BCUT2D eigenvalue weighted by atomic mass is 79.9. The number of nitrogens with zero attached hydrogens (tertiary/aromatic N) is 2. The fraction of sp³-hybridized carbons (Fsp3) is 0.214. The molecule has 3 nitrogen and oxygen atoms in total. The molecule has 0 aliphatic heterocycles. The van der Waals surface area contributed by atoms with Crippen molar-refractivity contribution in [1.29, 1.82) is 0 Å². The molecular weight excluding hydrogens is 326 g/mol. The van der Waals surface area contributed by atoms with Gasteiger partial charge in [-0.15, -0.1) is 0 Å². The Morgan fingerprint density at radius 1 is 1.37 bits per heavy atom. The van der Waals surface area contributed by atoms with Gasteiger partial charge in [0, 0.05) is 22.7 Å². The van der Waals surface area contributed by atoms with Crippen LogP contribution in [0.5, 0.6) is 0 Å². The Labute approximate surface area is 126 Å². The first-order valence-corrected chi connectivity index (χ1v) is 7.06. The summed E-state index contributed by atoms with van der Waals surface area (Å²) in [6, 6.07) is 9.73. The number of aromatic nitrogens is 1. The lowest BCUT2D eigenvalue weighted by Gasteiger charge is -2.28. The molecule has 0 saturated heterocycles. The van der Waals surface area contributed by atoms with Gasteiger partial charge in [0.25, 0.3) is 0 Å². The number of halogens is 2. The van der Waals surface area contributed by atoms with Crippen LogP contribution in [0.15, 0.2) is 41.0 Å². The highest BCUT2D eigenvalue weighted by molar-refractivity contribution is 9.10. The molecule has 1 aromatic heterocycles. The van der Waals surface area contributed by atoms with Crippen LogP contribution in [0.25, 0.3) is 0 Å². The molecule has 2 N–H and O–H groups in total. The molecule has 0 aliphatic carbocycles. The van der Waals surface area contributed by atoms with Crippen LogP contribution < -0.4 is 10.6 Å². The molecule has 19 heavy (non-hydrogen) atoms. The first kappa shape index (κ1) is 14.2. The molecule has 0 spiro atoms. The minimum absolute atomic E-state index is 0.0877. The fourth-order valence-electron chi connectivity index (χ4n) is 1.95. The van der Waals surface area contributed by atoms with E-state index in [1.165, 1.54) is 0 Å². The van der Waals surface area contributed by atoms with Gasteiger partial charge in [-0.3, -0.25) is 0 Å². The van der Waals surface area contributed by atoms with Crippen molar-refractivity contribution in [3.63, 3.8) is 0 Å². The molecule has 100 valence electrons. The monoisotopic (exact) mass is 339 g/mol. The van der Waals surface area contributed by atoms with Gasteiger partial charge >= 0.3 is 0 Å². The van der Waals surface area contributed by atoms with Crippen molar-refractivity contribution in [2.75, 3.05) is 17.7 Å². The molecule has 0 bridgehead atoms. The minimum atomic E-state index is 0.0877. The van der Waals surface area contributed by atoms with E-state index in [0.29, 0.717) is 5.69 Å². The van der Waals surface area contributed by atoms with E-state index in [1.807, 2.05) is 42.3 Å². The summed E-state index contributed by atoms with van der Waals surface area (Å²) in [6.07, 6.45) is 1.74. The number of nitrogens with two attached hydrogens (primary N) is 1. The Morgan fingerprint density at radius 3 is 2.68 bits per heavy atom. The number of rotatable bonds is 3. The molecule has 2 rings (SSSR count). The quantitative estimate of drug-likeness (QED) is 0.907. The molecular formula is C14H15BrClN3. The van der Waals surface area contributed by atoms with Gasteiger partial charge in [-0.25, -0.2) is 4.98 Å². The lowest BCUT2D eigenvalue weighted by molar-refractivity contribution is 0.730. The van der Waals surface area contributed by atoms with E-state index in [-0.39, 0.29) is 6.04 Å². The summed E-state index contributed by atoms with van der Waals surface area (Å²) in [6.45, 7) is 2.07. The van der Waals surface area contributed by atoms with Gasteiger partial charge < -0.3 is 10.6 Å². The van der Waals surface area contributed by atoms with E-state index in [9.17, 15) is 0 Å². The second kappa shape index (κ2) is 5.80. The highest BCUT2D eigenvalue weighted by Gasteiger charge is 2.17. The Balaban J connectivity index is 2.33. The van der Waals surface area contributed by atoms with Crippen molar-refractivity contribution in [1.82, 2.24) is 4.98 Å². The number of pyridine rings is 1. The zero-order valence-corrected chi connectivity index (χ0v) is 13.1. The van der Waals surface area contributed by atoms with Gasteiger partial charge in [0.1, 0.15) is 0 Å². The summed E-state index contributed by atoms with van der Waals surface area (Å²) in [7, 11) is 1.96. The molecule has 0 aliphatic rings. The van der Waals surface area contributed by atoms with Crippen LogP contribution in [0.2, 0.25) is 5.02 Å². The van der Waals surface area contributed by atoms with Crippen LogP contribution in [0, 0.1) is 0 Å². The third-order valence-electron chi connectivity index (χ3n) is 3.13. The molecule has 5 heteroatoms. The first-order valence-electron chi connectivity index (χ1n) is 5.89. The number of hydrogen-bond donors (Lipinski definition) is 1. The average molecular weight is 341 g/mol. The number of benzene rings is 1. The Morgan fingerprint density at radius 2 is 2.05 bits per heavy atom.